The second kappa shape index (κ2) is 7.34. The van der Waals surface area contributed by atoms with Crippen molar-refractivity contribution in [3.63, 3.8) is 0 Å². The Kier molecular flexibility index (Phi) is 5.18. The first kappa shape index (κ1) is 17.0. The third kappa shape index (κ3) is 4.14. The van der Waals surface area contributed by atoms with E-state index in [2.05, 4.69) is 9.97 Å². The van der Waals surface area contributed by atoms with E-state index in [1.807, 2.05) is 4.90 Å². The topological polar surface area (TPSA) is 86.6 Å². The summed E-state index contributed by atoms with van der Waals surface area (Å²) in [6.07, 6.45) is 5.70. The normalized spacial score (nSPS) is 17.1. The Morgan fingerprint density at radius 1 is 1.33 bits per heavy atom. The van der Waals surface area contributed by atoms with Crippen molar-refractivity contribution in [2.75, 3.05) is 31.1 Å². The van der Waals surface area contributed by atoms with Gasteiger partial charge in [-0.1, -0.05) is 11.6 Å². The van der Waals surface area contributed by atoms with Gasteiger partial charge in [-0.2, -0.15) is 0 Å². The molecule has 1 saturated heterocycles. The van der Waals surface area contributed by atoms with E-state index in [1.54, 1.807) is 4.90 Å². The first-order chi connectivity index (χ1) is 11.5. The van der Waals surface area contributed by atoms with Crippen molar-refractivity contribution in [2.45, 2.75) is 32.1 Å². The van der Waals surface area contributed by atoms with Crippen LogP contribution in [-0.2, 0) is 4.79 Å². The molecule has 2 fully saturated rings. The molecule has 1 aliphatic carbocycles. The molecule has 8 heteroatoms. The zero-order chi connectivity index (χ0) is 17.1. The predicted molar refractivity (Wildman–Crippen MR) is 89.4 cm³/mol. The standard InChI is InChI=1S/C16H21ClN4O3/c17-12-9-18-16(20-6-1-2-7-20)19-14(12)15(24)21(8-5-13(22)23)10-11-3-4-11/h9,11H,1-8,10H2,(H,22,23). The number of hydrogen-bond donors (Lipinski definition) is 1. The quantitative estimate of drug-likeness (QED) is 0.808. The minimum absolute atomic E-state index is 0.0832. The lowest BCUT2D eigenvalue weighted by Crippen LogP contribution is -2.36. The summed E-state index contributed by atoms with van der Waals surface area (Å²) in [7, 11) is 0. The number of carboxylic acid groups (broad SMARTS) is 1. The number of carbonyl (C=O) groups excluding carboxylic acids is 1. The van der Waals surface area contributed by atoms with E-state index in [-0.39, 0.29) is 29.6 Å². The number of carboxylic acids is 1. The summed E-state index contributed by atoms with van der Waals surface area (Å²) in [6, 6.07) is 0. The number of aromatic nitrogens is 2. The number of halogens is 1. The minimum Gasteiger partial charge on any atom is -0.481 e. The zero-order valence-electron chi connectivity index (χ0n) is 13.4. The largest absolute Gasteiger partial charge is 0.481 e. The summed E-state index contributed by atoms with van der Waals surface area (Å²) < 4.78 is 0. The Morgan fingerprint density at radius 3 is 2.67 bits per heavy atom. The molecule has 1 aliphatic heterocycles. The molecule has 0 unspecified atom stereocenters. The number of aliphatic carboxylic acids is 1. The Labute approximate surface area is 145 Å². The van der Waals surface area contributed by atoms with Gasteiger partial charge in [0.1, 0.15) is 0 Å². The number of anilines is 1. The molecule has 3 rings (SSSR count). The number of amides is 1. The Balaban J connectivity index is 1.79. The zero-order valence-corrected chi connectivity index (χ0v) is 14.2. The summed E-state index contributed by atoms with van der Waals surface area (Å²) in [5, 5.41) is 9.12. The molecular formula is C16H21ClN4O3. The van der Waals surface area contributed by atoms with Crippen LogP contribution in [0.5, 0.6) is 0 Å². The molecule has 0 atom stereocenters. The van der Waals surface area contributed by atoms with E-state index in [4.69, 9.17) is 16.7 Å². The maximum Gasteiger partial charge on any atom is 0.305 e. The van der Waals surface area contributed by atoms with E-state index in [0.717, 1.165) is 38.8 Å². The molecule has 1 N–H and O–H groups in total. The second-order valence-electron chi connectivity index (χ2n) is 6.40. The van der Waals surface area contributed by atoms with Gasteiger partial charge in [0.05, 0.1) is 17.6 Å². The van der Waals surface area contributed by atoms with Crippen LogP contribution >= 0.6 is 11.6 Å². The van der Waals surface area contributed by atoms with Crippen LogP contribution in [-0.4, -0.2) is 58.0 Å². The monoisotopic (exact) mass is 352 g/mol. The van der Waals surface area contributed by atoms with Crippen LogP contribution < -0.4 is 4.90 Å². The first-order valence-electron chi connectivity index (χ1n) is 8.33. The van der Waals surface area contributed by atoms with Crippen LogP contribution in [0, 0.1) is 5.92 Å². The van der Waals surface area contributed by atoms with Crippen LogP contribution in [0.15, 0.2) is 6.20 Å². The van der Waals surface area contributed by atoms with Crippen LogP contribution in [0.3, 0.4) is 0 Å². The highest BCUT2D eigenvalue weighted by atomic mass is 35.5. The van der Waals surface area contributed by atoms with E-state index in [0.29, 0.717) is 18.4 Å². The lowest BCUT2D eigenvalue weighted by Gasteiger charge is -2.23. The summed E-state index contributed by atoms with van der Waals surface area (Å²) in [5.41, 5.74) is 0.166. The summed E-state index contributed by atoms with van der Waals surface area (Å²) >= 11 is 6.15. The highest BCUT2D eigenvalue weighted by molar-refractivity contribution is 6.33. The maximum atomic E-state index is 12.8. The molecule has 2 heterocycles. The maximum absolute atomic E-state index is 12.8. The molecule has 1 amide bonds. The third-order valence-corrected chi connectivity index (χ3v) is 4.66. The third-order valence-electron chi connectivity index (χ3n) is 4.38. The van der Waals surface area contributed by atoms with Gasteiger partial charge in [0, 0.05) is 26.2 Å². The Morgan fingerprint density at radius 2 is 2.04 bits per heavy atom. The van der Waals surface area contributed by atoms with E-state index in [9.17, 15) is 9.59 Å². The fourth-order valence-electron chi connectivity index (χ4n) is 2.85. The van der Waals surface area contributed by atoms with Gasteiger partial charge in [0.15, 0.2) is 5.69 Å². The molecule has 24 heavy (non-hydrogen) atoms. The van der Waals surface area contributed by atoms with E-state index in [1.165, 1.54) is 6.20 Å². The highest BCUT2D eigenvalue weighted by Crippen LogP contribution is 2.30. The Bertz CT molecular complexity index is 630. The lowest BCUT2D eigenvalue weighted by atomic mass is 10.2. The number of hydrogen-bond acceptors (Lipinski definition) is 5. The second-order valence-corrected chi connectivity index (χ2v) is 6.81. The van der Waals surface area contributed by atoms with Gasteiger partial charge in [-0.25, -0.2) is 9.97 Å². The van der Waals surface area contributed by atoms with Crippen molar-refractivity contribution in [2.24, 2.45) is 5.92 Å². The highest BCUT2D eigenvalue weighted by Gasteiger charge is 2.29. The Hall–Kier alpha value is -1.89. The predicted octanol–water partition coefficient (Wildman–Crippen LogP) is 2.06. The van der Waals surface area contributed by atoms with Gasteiger partial charge in [-0.05, 0) is 31.6 Å². The summed E-state index contributed by atoms with van der Waals surface area (Å²) in [6.45, 7) is 2.48. The first-order valence-corrected chi connectivity index (χ1v) is 8.71. The van der Waals surface area contributed by atoms with Crippen LogP contribution in [0.1, 0.15) is 42.6 Å². The molecule has 0 spiro atoms. The summed E-state index contributed by atoms with van der Waals surface area (Å²) in [4.78, 5) is 35.9. The van der Waals surface area contributed by atoms with Crippen molar-refractivity contribution < 1.29 is 14.7 Å². The van der Waals surface area contributed by atoms with Crippen LogP contribution in [0.25, 0.3) is 0 Å². The van der Waals surface area contributed by atoms with Crippen LogP contribution in [0.2, 0.25) is 5.02 Å². The molecule has 1 saturated carbocycles. The molecular weight excluding hydrogens is 332 g/mol. The van der Waals surface area contributed by atoms with E-state index < -0.39 is 5.97 Å². The molecule has 7 nitrogen and oxygen atoms in total. The fourth-order valence-corrected chi connectivity index (χ4v) is 3.02. The fraction of sp³-hybridized carbons (Fsp3) is 0.625. The molecule has 0 aromatic carbocycles. The van der Waals surface area contributed by atoms with Gasteiger partial charge < -0.3 is 14.9 Å². The lowest BCUT2D eigenvalue weighted by molar-refractivity contribution is -0.137. The van der Waals surface area contributed by atoms with Gasteiger partial charge in [-0.3, -0.25) is 9.59 Å². The van der Waals surface area contributed by atoms with Gasteiger partial charge in [0.2, 0.25) is 5.95 Å². The molecule has 0 radical (unpaired) electrons. The van der Waals surface area contributed by atoms with Crippen molar-refractivity contribution in [1.82, 2.24) is 14.9 Å². The number of rotatable bonds is 7. The van der Waals surface area contributed by atoms with Gasteiger partial charge in [-0.15, -0.1) is 0 Å². The van der Waals surface area contributed by atoms with E-state index >= 15 is 0 Å². The number of nitrogens with zero attached hydrogens (tertiary/aromatic N) is 4. The molecule has 1 aromatic rings. The molecule has 2 aliphatic rings. The van der Waals surface area contributed by atoms with Crippen molar-refractivity contribution in [1.29, 1.82) is 0 Å². The minimum atomic E-state index is -0.921. The molecule has 0 bridgehead atoms. The summed E-state index contributed by atoms with van der Waals surface area (Å²) in [5.74, 6) is -0.252. The average molecular weight is 353 g/mol. The van der Waals surface area contributed by atoms with Crippen molar-refractivity contribution in [3.05, 3.63) is 16.9 Å². The SMILES string of the molecule is O=C(O)CCN(CC1CC1)C(=O)c1nc(N2CCCC2)ncc1Cl. The van der Waals surface area contributed by atoms with Crippen LogP contribution in [0.4, 0.5) is 5.95 Å². The van der Waals surface area contributed by atoms with Gasteiger partial charge in [0.25, 0.3) is 5.91 Å². The van der Waals surface area contributed by atoms with Gasteiger partial charge >= 0.3 is 5.97 Å². The molecule has 130 valence electrons. The number of carbonyl (C=O) groups is 2. The van der Waals surface area contributed by atoms with Crippen molar-refractivity contribution in [3.8, 4) is 0 Å². The molecule has 1 aromatic heterocycles. The van der Waals surface area contributed by atoms with Crippen molar-refractivity contribution >= 4 is 29.4 Å². The average Bonchev–Trinajstić information content (AvgIpc) is 3.21. The smallest absolute Gasteiger partial charge is 0.305 e.